The molecule has 0 atom stereocenters. The number of hydrogen-bond acceptors (Lipinski definition) is 7. The maximum Gasteiger partial charge on any atom is 0.254 e. The van der Waals surface area contributed by atoms with Crippen LogP contribution in [0.25, 0.3) is 11.3 Å². The number of nitrogens with zero attached hydrogens (tertiary/aromatic N) is 2. The van der Waals surface area contributed by atoms with Crippen molar-refractivity contribution < 1.29 is 22.3 Å². The van der Waals surface area contributed by atoms with E-state index < -0.39 is 15.9 Å². The van der Waals surface area contributed by atoms with E-state index in [1.54, 1.807) is 48.7 Å². The maximum atomic E-state index is 13.2. The zero-order valence-electron chi connectivity index (χ0n) is 19.2. The van der Waals surface area contributed by atoms with Gasteiger partial charge in [0.2, 0.25) is 10.0 Å². The van der Waals surface area contributed by atoms with E-state index in [2.05, 4.69) is 25.2 Å². The van der Waals surface area contributed by atoms with Crippen LogP contribution in [-0.2, 0) is 16.6 Å². The van der Waals surface area contributed by atoms with Gasteiger partial charge in [-0.1, -0.05) is 24.3 Å². The average Bonchev–Trinajstić information content (AvgIpc) is 3.28. The standard InChI is InChI=1S/C24H23FN6O4S/c1-2-36(33,34)31-18-11-8-16(13-19(18)35-14-15-6-9-17(25)10-7-15)22-21(23(26)32)24(30-29-22)28-20-5-3-4-12-27-20/h3-13,31H,2,14H2,1H3,(H2,26,32)(H2,27,28,29,30). The third-order valence-electron chi connectivity index (χ3n) is 5.15. The van der Waals surface area contributed by atoms with Crippen molar-refractivity contribution in [3.8, 4) is 17.0 Å². The van der Waals surface area contributed by atoms with E-state index >= 15 is 0 Å². The highest BCUT2D eigenvalue weighted by Crippen LogP contribution is 2.35. The van der Waals surface area contributed by atoms with E-state index in [1.165, 1.54) is 25.1 Å². The number of primary amides is 1. The van der Waals surface area contributed by atoms with Crippen LogP contribution in [0.1, 0.15) is 22.8 Å². The zero-order chi connectivity index (χ0) is 25.7. The number of hydrogen-bond donors (Lipinski definition) is 4. The summed E-state index contributed by atoms with van der Waals surface area (Å²) in [6.07, 6.45) is 1.58. The molecule has 1 amide bonds. The van der Waals surface area contributed by atoms with Gasteiger partial charge >= 0.3 is 0 Å². The summed E-state index contributed by atoms with van der Waals surface area (Å²) in [6, 6.07) is 15.6. The van der Waals surface area contributed by atoms with Crippen molar-refractivity contribution in [2.75, 3.05) is 15.8 Å². The molecule has 2 aromatic carbocycles. The molecule has 0 spiro atoms. The van der Waals surface area contributed by atoms with Gasteiger partial charge in [0.25, 0.3) is 5.91 Å². The number of ether oxygens (including phenoxy) is 1. The number of pyridine rings is 1. The van der Waals surface area contributed by atoms with Crippen molar-refractivity contribution in [2.24, 2.45) is 5.73 Å². The van der Waals surface area contributed by atoms with Gasteiger partial charge in [-0.3, -0.25) is 14.6 Å². The first-order valence-electron chi connectivity index (χ1n) is 10.8. The number of nitrogens with two attached hydrogens (primary N) is 1. The molecule has 5 N–H and O–H groups in total. The van der Waals surface area contributed by atoms with Crippen LogP contribution in [0.2, 0.25) is 0 Å². The van der Waals surface area contributed by atoms with Crippen LogP contribution >= 0.6 is 0 Å². The summed E-state index contributed by atoms with van der Waals surface area (Å²) < 4.78 is 46.0. The minimum absolute atomic E-state index is 0.0444. The Kier molecular flexibility index (Phi) is 7.15. The van der Waals surface area contributed by atoms with Gasteiger partial charge in [-0.25, -0.2) is 17.8 Å². The number of benzene rings is 2. The largest absolute Gasteiger partial charge is 0.487 e. The second-order valence-corrected chi connectivity index (χ2v) is 9.67. The lowest BCUT2D eigenvalue weighted by Crippen LogP contribution is -2.15. The molecular formula is C24H23FN6O4S. The predicted molar refractivity (Wildman–Crippen MR) is 134 cm³/mol. The van der Waals surface area contributed by atoms with Gasteiger partial charge in [0, 0.05) is 11.8 Å². The van der Waals surface area contributed by atoms with Crippen LogP contribution in [0, 0.1) is 5.82 Å². The number of amides is 1. The minimum atomic E-state index is -3.60. The maximum absolute atomic E-state index is 13.2. The first-order chi connectivity index (χ1) is 17.3. The van der Waals surface area contributed by atoms with Crippen LogP contribution in [-0.4, -0.2) is 35.3 Å². The number of aromatic amines is 1. The summed E-state index contributed by atoms with van der Waals surface area (Å²) in [7, 11) is -3.60. The normalized spacial score (nSPS) is 11.2. The number of nitrogens with one attached hydrogen (secondary N) is 3. The number of carbonyl (C=O) groups is 1. The van der Waals surface area contributed by atoms with Crippen LogP contribution < -0.4 is 20.5 Å². The van der Waals surface area contributed by atoms with Gasteiger partial charge in [-0.05, 0) is 48.9 Å². The van der Waals surface area contributed by atoms with Gasteiger partial charge in [-0.2, -0.15) is 5.10 Å². The molecule has 10 nitrogen and oxygen atoms in total. The first-order valence-corrected chi connectivity index (χ1v) is 12.5. The quantitative estimate of drug-likeness (QED) is 0.253. The van der Waals surface area contributed by atoms with E-state index in [-0.39, 0.29) is 41.0 Å². The molecule has 0 aliphatic carbocycles. The SMILES string of the molecule is CCS(=O)(=O)Nc1ccc(-c2[nH]nc(Nc3ccccn3)c2C(N)=O)cc1OCc1ccc(F)cc1. The van der Waals surface area contributed by atoms with Crippen LogP contribution in [0.4, 0.5) is 21.7 Å². The van der Waals surface area contributed by atoms with E-state index in [0.29, 0.717) is 22.6 Å². The lowest BCUT2D eigenvalue weighted by molar-refractivity contribution is 0.100. The molecule has 0 aliphatic heterocycles. The monoisotopic (exact) mass is 510 g/mol. The fraction of sp³-hybridized carbons (Fsp3) is 0.125. The Morgan fingerprint density at radius 3 is 2.58 bits per heavy atom. The molecule has 36 heavy (non-hydrogen) atoms. The summed E-state index contributed by atoms with van der Waals surface area (Å²) in [4.78, 5) is 16.5. The van der Waals surface area contributed by atoms with Gasteiger partial charge in [0.15, 0.2) is 5.82 Å². The number of aromatic nitrogens is 3. The Balaban J connectivity index is 1.71. The third-order valence-corrected chi connectivity index (χ3v) is 6.44. The molecule has 4 rings (SSSR count). The molecule has 0 unspecified atom stereocenters. The summed E-state index contributed by atoms with van der Waals surface area (Å²) in [5.74, 6) is -0.419. The van der Waals surface area contributed by atoms with Gasteiger partial charge in [-0.15, -0.1) is 0 Å². The van der Waals surface area contributed by atoms with Crippen molar-refractivity contribution in [3.63, 3.8) is 0 Å². The third kappa shape index (κ3) is 5.78. The molecule has 2 heterocycles. The lowest BCUT2D eigenvalue weighted by atomic mass is 10.1. The summed E-state index contributed by atoms with van der Waals surface area (Å²) in [5, 5.41) is 9.92. The molecule has 4 aromatic rings. The molecule has 0 aliphatic rings. The molecule has 0 fully saturated rings. The number of rotatable bonds is 10. The molecule has 0 bridgehead atoms. The number of H-pyrrole nitrogens is 1. The van der Waals surface area contributed by atoms with Crippen LogP contribution in [0.15, 0.2) is 66.9 Å². The van der Waals surface area contributed by atoms with Crippen molar-refractivity contribution in [3.05, 3.63) is 83.8 Å². The van der Waals surface area contributed by atoms with Crippen molar-refractivity contribution in [2.45, 2.75) is 13.5 Å². The first kappa shape index (κ1) is 24.7. The molecule has 12 heteroatoms. The van der Waals surface area contributed by atoms with Gasteiger partial charge in [0.05, 0.1) is 17.1 Å². The van der Waals surface area contributed by atoms with Crippen molar-refractivity contribution >= 4 is 33.3 Å². The Bertz CT molecular complexity index is 1470. The minimum Gasteiger partial charge on any atom is -0.487 e. The van der Waals surface area contributed by atoms with E-state index in [1.807, 2.05) is 0 Å². The number of sulfonamides is 1. The molecule has 0 radical (unpaired) electrons. The average molecular weight is 511 g/mol. The fourth-order valence-corrected chi connectivity index (χ4v) is 3.95. The second-order valence-electron chi connectivity index (χ2n) is 7.66. The Morgan fingerprint density at radius 2 is 1.92 bits per heavy atom. The number of halogens is 1. The Hall–Kier alpha value is -4.45. The van der Waals surface area contributed by atoms with Crippen LogP contribution in [0.3, 0.4) is 0 Å². The van der Waals surface area contributed by atoms with Crippen molar-refractivity contribution in [1.29, 1.82) is 0 Å². The summed E-state index contributed by atoms with van der Waals surface area (Å²) in [5.41, 5.74) is 7.40. The predicted octanol–water partition coefficient (Wildman–Crippen LogP) is 3.79. The van der Waals surface area contributed by atoms with Crippen molar-refractivity contribution in [1.82, 2.24) is 15.2 Å². The molecular weight excluding hydrogens is 487 g/mol. The zero-order valence-corrected chi connectivity index (χ0v) is 20.0. The molecule has 0 saturated carbocycles. The van der Waals surface area contributed by atoms with Gasteiger partial charge in [0.1, 0.15) is 29.6 Å². The summed E-state index contributed by atoms with van der Waals surface area (Å²) >= 11 is 0. The van der Waals surface area contributed by atoms with E-state index in [9.17, 15) is 17.6 Å². The highest BCUT2D eigenvalue weighted by molar-refractivity contribution is 7.92. The second kappa shape index (κ2) is 10.4. The Morgan fingerprint density at radius 1 is 1.14 bits per heavy atom. The smallest absolute Gasteiger partial charge is 0.254 e. The number of anilines is 3. The highest BCUT2D eigenvalue weighted by atomic mass is 32.2. The highest BCUT2D eigenvalue weighted by Gasteiger charge is 2.22. The lowest BCUT2D eigenvalue weighted by Gasteiger charge is -2.15. The summed E-state index contributed by atoms with van der Waals surface area (Å²) in [6.45, 7) is 1.55. The molecule has 186 valence electrons. The van der Waals surface area contributed by atoms with Gasteiger partial charge < -0.3 is 15.8 Å². The van der Waals surface area contributed by atoms with E-state index in [0.717, 1.165) is 0 Å². The Labute approximate surface area is 206 Å². The topological polar surface area (TPSA) is 152 Å². The number of carbonyl (C=O) groups excluding carboxylic acids is 1. The van der Waals surface area contributed by atoms with Crippen LogP contribution in [0.5, 0.6) is 5.75 Å². The molecule has 2 aromatic heterocycles. The van der Waals surface area contributed by atoms with E-state index in [4.69, 9.17) is 10.5 Å². The molecule has 0 saturated heterocycles. The fourth-order valence-electron chi connectivity index (χ4n) is 3.30.